The quantitative estimate of drug-likeness (QED) is 0.0118. The lowest BCUT2D eigenvalue weighted by molar-refractivity contribution is -0.140. The molecule has 0 fully saturated rings. The van der Waals surface area contributed by atoms with Gasteiger partial charge in [-0.05, 0) is 216 Å². The highest BCUT2D eigenvalue weighted by molar-refractivity contribution is 6.75. The average molecular weight is 1840 g/mol. The van der Waals surface area contributed by atoms with Crippen LogP contribution in [0.15, 0.2) is 97.1 Å². The number of carbonyl (C=O) groups excluding carboxylic acids is 4. The molecule has 720 valence electrons. The maximum Gasteiger partial charge on any atom is 0.335 e. The van der Waals surface area contributed by atoms with E-state index in [1.54, 1.807) is 0 Å². The van der Waals surface area contributed by atoms with E-state index in [9.17, 15) is 19.2 Å². The Morgan fingerprint density at radius 3 is 0.578 bits per heavy atom. The Bertz CT molecular complexity index is 3540. The molecular formula is C108H176O16Si4. The summed E-state index contributed by atoms with van der Waals surface area (Å²) in [5, 5.41) is -0.185. The molecule has 1 aliphatic rings. The molecule has 0 amide bonds. The van der Waals surface area contributed by atoms with Gasteiger partial charge in [0.2, 0.25) is 0 Å². The highest BCUT2D eigenvalue weighted by Gasteiger charge is 2.41. The average Bonchev–Trinajstić information content (AvgIpc) is 0.766. The molecule has 0 unspecified atom stereocenters. The zero-order valence-electron chi connectivity index (χ0n) is 85.1. The number of aryl methyl sites for hydroxylation is 4. The number of rotatable bonds is 60. The molecule has 0 aliphatic heterocycles. The van der Waals surface area contributed by atoms with E-state index < -0.39 is 57.1 Å². The van der Waals surface area contributed by atoms with E-state index in [2.05, 4.69) is 238 Å². The van der Waals surface area contributed by atoms with Gasteiger partial charge in [0, 0.05) is 25.7 Å². The van der Waals surface area contributed by atoms with Crippen molar-refractivity contribution in [1.29, 1.82) is 0 Å². The minimum Gasteiger partial charge on any atom is -0.493 e. The van der Waals surface area contributed by atoms with Gasteiger partial charge in [0.1, 0.15) is 23.0 Å². The van der Waals surface area contributed by atoms with Gasteiger partial charge in [-0.15, -0.1) is 0 Å². The fourth-order valence-corrected chi connectivity index (χ4v) is 18.2. The Morgan fingerprint density at radius 2 is 0.422 bits per heavy atom. The number of carbonyl (C=O) groups is 4. The summed E-state index contributed by atoms with van der Waals surface area (Å²) in [7, 11) is -8.77. The molecular weight excluding hydrogens is 1670 g/mol. The predicted octanol–water partition coefficient (Wildman–Crippen LogP) is 28.0. The molecule has 0 radical (unpaired) electrons. The lowest BCUT2D eigenvalue weighted by atomic mass is 9.87. The minimum atomic E-state index is -2.19. The SMILES string of the molecule is C=C(CO[Si](C)(C)C(C)(C)C)C(=O)OCCCc1cc2c(OCCCCCCC)c(c1)Cc1cc(CCCOC(=O)C(=C)CO[Si](C)(C)C(C)(C)C)cc(c1OCCCCCCC)Cc1cc(CCCOC(=O)C(=C)CO[Si](C)(C)C(C)(C)C)cc(c1OCCCCCCC)Cc1cc(CCCOC(=O)C(=C)CO[Si](C)(C)C(C)(C)C)cc(c1OCCCCCCC)C2. The third-order valence-corrected chi connectivity index (χ3v) is 44.8. The van der Waals surface area contributed by atoms with Crippen LogP contribution in [0.2, 0.25) is 72.5 Å². The van der Waals surface area contributed by atoms with Crippen LogP contribution in [-0.2, 0) is 107 Å². The summed E-state index contributed by atoms with van der Waals surface area (Å²) in [5.74, 6) is 1.46. The van der Waals surface area contributed by atoms with Crippen LogP contribution < -0.4 is 18.9 Å². The summed E-state index contributed by atoms with van der Waals surface area (Å²) >= 11 is 0. The standard InChI is InChI=1S/C108H176O16Si4/c1-29-33-37-41-45-57-113-97-89-65-85(53-49-61-117-101(109)81(5)77-121-125(21,22)105(9,10)11)66-90(97)74-92-68-87(55-51-63-119-103(111)83(7)79-123-127(25,26)107(15,16)17)70-94(99(92)115-59-47-43-39-35-31-3)76-96-72-88(56-52-64-120-104(112)84(8)80-124-128(27,28)108(18,19)20)71-95(100(96)116-60-48-44-40-36-32-4)75-93-69-86(67-91(73-89)98(93)114-58-46-42-38-34-30-2)54-50-62-118-102(110)82(6)78-122-126(23,24)106(12,13)14/h65-72H,5-8,29-64,73-80H2,1-4,9-28H3. The van der Waals surface area contributed by atoms with Crippen molar-refractivity contribution in [2.45, 2.75) is 389 Å². The second-order valence-electron chi connectivity index (χ2n) is 42.3. The van der Waals surface area contributed by atoms with Gasteiger partial charge >= 0.3 is 23.9 Å². The monoisotopic (exact) mass is 1840 g/mol. The number of hydrogen-bond donors (Lipinski definition) is 0. The third-order valence-electron chi connectivity index (χ3n) is 26.9. The van der Waals surface area contributed by atoms with Gasteiger partial charge in [-0.25, -0.2) is 19.2 Å². The normalized spacial score (nSPS) is 12.9. The van der Waals surface area contributed by atoms with Crippen LogP contribution in [0.1, 0.15) is 332 Å². The highest BCUT2D eigenvalue weighted by Crippen LogP contribution is 2.45. The Kier molecular flexibility index (Phi) is 47.9. The molecule has 0 atom stereocenters. The van der Waals surface area contributed by atoms with Crippen molar-refractivity contribution in [3.05, 3.63) is 164 Å². The van der Waals surface area contributed by atoms with Crippen LogP contribution in [-0.4, -0.2) is 136 Å². The molecule has 0 saturated carbocycles. The van der Waals surface area contributed by atoms with Gasteiger partial charge < -0.3 is 55.6 Å². The molecule has 4 aromatic rings. The number of esters is 4. The van der Waals surface area contributed by atoms with E-state index in [1.807, 2.05) is 0 Å². The van der Waals surface area contributed by atoms with Crippen LogP contribution >= 0.6 is 0 Å². The van der Waals surface area contributed by atoms with Crippen LogP contribution in [0.4, 0.5) is 0 Å². The smallest absolute Gasteiger partial charge is 0.335 e. The van der Waals surface area contributed by atoms with Crippen LogP contribution in [0.3, 0.4) is 0 Å². The molecule has 0 spiro atoms. The summed E-state index contributed by atoms with van der Waals surface area (Å²) in [6.45, 7) is 72.4. The van der Waals surface area contributed by atoms with E-state index in [-0.39, 0.29) is 73.0 Å². The second-order valence-corrected chi connectivity index (χ2v) is 61.5. The van der Waals surface area contributed by atoms with Crippen LogP contribution in [0.25, 0.3) is 0 Å². The number of unbranched alkanes of at least 4 members (excludes halogenated alkanes) is 16. The van der Waals surface area contributed by atoms with E-state index in [0.29, 0.717) is 126 Å². The first-order valence-electron chi connectivity index (χ1n) is 49.2. The highest BCUT2D eigenvalue weighted by atomic mass is 28.4. The minimum absolute atomic E-state index is 0.0461. The molecule has 128 heavy (non-hydrogen) atoms. The van der Waals surface area contributed by atoms with Gasteiger partial charge in [-0.1, -0.05) is 288 Å². The molecule has 20 heteroatoms. The van der Waals surface area contributed by atoms with Crippen LogP contribution in [0.5, 0.6) is 23.0 Å². The summed E-state index contributed by atoms with van der Waals surface area (Å²) in [6.07, 6.45) is 27.3. The molecule has 1 aliphatic carbocycles. The van der Waals surface area contributed by atoms with E-state index in [0.717, 1.165) is 218 Å². The van der Waals surface area contributed by atoms with Crippen molar-refractivity contribution in [2.75, 3.05) is 79.3 Å². The van der Waals surface area contributed by atoms with E-state index in [1.165, 1.54) is 0 Å². The Morgan fingerprint density at radius 1 is 0.258 bits per heavy atom. The molecule has 0 aromatic heterocycles. The Labute approximate surface area is 782 Å². The van der Waals surface area contributed by atoms with Crippen molar-refractivity contribution >= 4 is 57.1 Å². The van der Waals surface area contributed by atoms with Gasteiger partial charge in [-0.2, -0.15) is 0 Å². The predicted molar refractivity (Wildman–Crippen MR) is 540 cm³/mol. The first-order valence-corrected chi connectivity index (χ1v) is 60.9. The number of benzene rings is 4. The topological polar surface area (TPSA) is 179 Å². The Hall–Kier alpha value is -6.37. The van der Waals surface area contributed by atoms with Crippen molar-refractivity contribution < 1.29 is 74.8 Å². The fraction of sp³-hybridized carbons (Fsp3) is 0.667. The summed E-state index contributed by atoms with van der Waals surface area (Å²) in [5.41, 5.74) is 13.5. The van der Waals surface area contributed by atoms with Gasteiger partial charge in [0.25, 0.3) is 0 Å². The van der Waals surface area contributed by atoms with E-state index in [4.69, 9.17) is 55.6 Å². The molecule has 0 heterocycles. The maximum atomic E-state index is 13.9. The van der Waals surface area contributed by atoms with Crippen molar-refractivity contribution in [3.8, 4) is 23.0 Å². The van der Waals surface area contributed by atoms with Gasteiger partial charge in [0.05, 0.1) is 102 Å². The van der Waals surface area contributed by atoms with Crippen molar-refractivity contribution in [3.63, 3.8) is 0 Å². The molecule has 8 bridgehead atoms. The first-order chi connectivity index (χ1) is 60.2. The number of hydrogen-bond acceptors (Lipinski definition) is 16. The third kappa shape index (κ3) is 38.3. The fourth-order valence-electron chi connectivity index (χ4n) is 14.4. The summed E-state index contributed by atoms with van der Waals surface area (Å²) < 4.78 is 80.1. The van der Waals surface area contributed by atoms with Crippen LogP contribution in [0, 0.1) is 0 Å². The Balaban J connectivity index is 1.92. The molecule has 0 N–H and O–H groups in total. The number of ether oxygens (including phenoxy) is 8. The maximum absolute atomic E-state index is 13.9. The molecule has 5 rings (SSSR count). The number of fused-ring (bicyclic) bond motifs is 8. The zero-order chi connectivity index (χ0) is 95.1. The van der Waals surface area contributed by atoms with Gasteiger partial charge in [-0.3, -0.25) is 0 Å². The first kappa shape index (κ1) is 112. The largest absolute Gasteiger partial charge is 0.493 e. The molecule has 4 aromatic carbocycles. The van der Waals surface area contributed by atoms with E-state index >= 15 is 0 Å². The lowest BCUT2D eigenvalue weighted by Gasteiger charge is -2.36. The zero-order valence-corrected chi connectivity index (χ0v) is 89.1. The van der Waals surface area contributed by atoms with Crippen molar-refractivity contribution in [2.24, 2.45) is 0 Å². The van der Waals surface area contributed by atoms with Gasteiger partial charge in [0.15, 0.2) is 33.3 Å². The summed E-state index contributed by atoms with van der Waals surface area (Å²) in [6, 6.07) is 18.5. The summed E-state index contributed by atoms with van der Waals surface area (Å²) in [4.78, 5) is 55.4. The lowest BCUT2D eigenvalue weighted by Crippen LogP contribution is -2.41. The molecule has 0 saturated heterocycles. The van der Waals surface area contributed by atoms with Crippen molar-refractivity contribution in [1.82, 2.24) is 0 Å². The second kappa shape index (κ2) is 54.7. The molecule has 16 nitrogen and oxygen atoms in total.